The average Bonchev–Trinajstić information content (AvgIpc) is 3.14. The maximum Gasteiger partial charge on any atom is 0.338 e. The van der Waals surface area contributed by atoms with Gasteiger partial charge in [-0.05, 0) is 42.9 Å². The Kier molecular flexibility index (Phi) is 7.26. The Hall–Kier alpha value is -2.25. The Labute approximate surface area is 186 Å². The van der Waals surface area contributed by atoms with Gasteiger partial charge in [0.15, 0.2) is 5.17 Å². The predicted octanol–water partition coefficient (Wildman–Crippen LogP) is 4.78. The molecule has 0 bridgehead atoms. The molecule has 0 saturated carbocycles. The summed E-state index contributed by atoms with van der Waals surface area (Å²) in [5, 5.41) is 6.31. The molecule has 2 aliphatic rings. The number of benzene rings is 1. The zero-order valence-electron chi connectivity index (χ0n) is 17.6. The van der Waals surface area contributed by atoms with E-state index in [4.69, 9.17) is 21.3 Å². The smallest absolute Gasteiger partial charge is 0.338 e. The van der Waals surface area contributed by atoms with Crippen molar-refractivity contribution < 1.29 is 14.3 Å². The molecule has 6 nitrogen and oxygen atoms in total. The van der Waals surface area contributed by atoms with E-state index in [1.807, 2.05) is 43.2 Å². The van der Waals surface area contributed by atoms with Crippen molar-refractivity contribution in [1.29, 1.82) is 0 Å². The van der Waals surface area contributed by atoms with E-state index in [-0.39, 0.29) is 18.4 Å². The number of amides is 1. The highest BCUT2D eigenvalue weighted by Gasteiger charge is 2.41. The average molecular weight is 448 g/mol. The molecule has 0 aromatic heterocycles. The molecule has 1 N–H and O–H groups in total. The van der Waals surface area contributed by atoms with Crippen LogP contribution in [0.2, 0.25) is 5.02 Å². The lowest BCUT2D eigenvalue weighted by Gasteiger charge is -2.36. The van der Waals surface area contributed by atoms with Crippen molar-refractivity contribution in [2.45, 2.75) is 52.1 Å². The summed E-state index contributed by atoms with van der Waals surface area (Å²) in [4.78, 5) is 32.0. The Morgan fingerprint density at radius 1 is 1.30 bits per heavy atom. The molecule has 0 spiro atoms. The minimum Gasteiger partial charge on any atom is -0.466 e. The van der Waals surface area contributed by atoms with E-state index in [9.17, 15) is 9.59 Å². The van der Waals surface area contributed by atoms with Crippen LogP contribution in [-0.2, 0) is 14.3 Å². The first-order valence-electron chi connectivity index (χ1n) is 9.99. The number of allylic oxidation sites excluding steroid dienone is 1. The van der Waals surface area contributed by atoms with Crippen LogP contribution >= 0.6 is 23.4 Å². The molecule has 1 aromatic carbocycles. The molecule has 0 saturated heterocycles. The van der Waals surface area contributed by atoms with Gasteiger partial charge < -0.3 is 15.0 Å². The molecule has 0 fully saturated rings. The SMILES string of the molecule is CCC1=C(C(=O)OC)C(c2ccc(Cl)cc2)N2C(CC(=O)NC(C)CC)=CSC2=N1. The van der Waals surface area contributed by atoms with Gasteiger partial charge in [-0.1, -0.05) is 49.3 Å². The van der Waals surface area contributed by atoms with Crippen LogP contribution in [0.15, 0.2) is 51.6 Å². The van der Waals surface area contributed by atoms with Crippen molar-refractivity contribution in [3.63, 3.8) is 0 Å². The zero-order valence-corrected chi connectivity index (χ0v) is 19.1. The first-order valence-corrected chi connectivity index (χ1v) is 11.2. The van der Waals surface area contributed by atoms with Crippen LogP contribution < -0.4 is 5.32 Å². The molecule has 0 radical (unpaired) electrons. The third kappa shape index (κ3) is 4.57. The van der Waals surface area contributed by atoms with E-state index in [2.05, 4.69) is 5.32 Å². The van der Waals surface area contributed by atoms with E-state index >= 15 is 0 Å². The number of fused-ring (bicyclic) bond motifs is 1. The molecule has 3 rings (SSSR count). The summed E-state index contributed by atoms with van der Waals surface area (Å²) in [6.45, 7) is 5.97. The maximum atomic E-state index is 12.8. The summed E-state index contributed by atoms with van der Waals surface area (Å²) in [5.74, 6) is -0.480. The van der Waals surface area contributed by atoms with Gasteiger partial charge in [-0.15, -0.1) is 0 Å². The summed E-state index contributed by atoms with van der Waals surface area (Å²) in [6.07, 6.45) is 1.66. The van der Waals surface area contributed by atoms with Crippen molar-refractivity contribution in [3.8, 4) is 0 Å². The van der Waals surface area contributed by atoms with Crippen molar-refractivity contribution in [2.24, 2.45) is 4.99 Å². The summed E-state index contributed by atoms with van der Waals surface area (Å²) >= 11 is 7.56. The molecule has 160 valence electrons. The Morgan fingerprint density at radius 3 is 2.60 bits per heavy atom. The highest BCUT2D eigenvalue weighted by atomic mass is 35.5. The summed E-state index contributed by atoms with van der Waals surface area (Å²) in [7, 11) is 1.37. The number of nitrogens with zero attached hydrogens (tertiary/aromatic N) is 2. The third-order valence-corrected chi connectivity index (χ3v) is 6.32. The number of carbonyl (C=O) groups is 2. The molecule has 1 amide bonds. The topological polar surface area (TPSA) is 71.0 Å². The van der Waals surface area contributed by atoms with Crippen molar-refractivity contribution in [2.75, 3.05) is 7.11 Å². The van der Waals surface area contributed by atoms with Crippen LogP contribution in [0.4, 0.5) is 0 Å². The molecule has 2 aliphatic heterocycles. The number of carbonyl (C=O) groups excluding carboxylic acids is 2. The molecule has 30 heavy (non-hydrogen) atoms. The van der Waals surface area contributed by atoms with Gasteiger partial charge in [-0.3, -0.25) is 4.79 Å². The third-order valence-electron chi connectivity index (χ3n) is 5.18. The number of ether oxygens (including phenoxy) is 1. The largest absolute Gasteiger partial charge is 0.466 e. The number of methoxy groups -OCH3 is 1. The fourth-order valence-corrected chi connectivity index (χ4v) is 4.53. The van der Waals surface area contributed by atoms with Gasteiger partial charge in [0.25, 0.3) is 0 Å². The van der Waals surface area contributed by atoms with Gasteiger partial charge >= 0.3 is 5.97 Å². The van der Waals surface area contributed by atoms with Crippen LogP contribution in [0, 0.1) is 0 Å². The van der Waals surface area contributed by atoms with E-state index in [0.717, 1.165) is 22.8 Å². The fourth-order valence-electron chi connectivity index (χ4n) is 3.47. The molecule has 0 aliphatic carbocycles. The van der Waals surface area contributed by atoms with Crippen LogP contribution in [-0.4, -0.2) is 35.1 Å². The number of halogens is 1. The Balaban J connectivity index is 2.02. The second-order valence-electron chi connectivity index (χ2n) is 7.20. The van der Waals surface area contributed by atoms with Gasteiger partial charge in [0.2, 0.25) is 5.91 Å². The minimum absolute atomic E-state index is 0.0582. The number of hydrogen-bond donors (Lipinski definition) is 1. The molecule has 2 heterocycles. The summed E-state index contributed by atoms with van der Waals surface area (Å²) in [5.41, 5.74) is 2.87. The standard InChI is InChI=1S/C22H26ClN3O3S/c1-5-13(3)24-18(27)11-16-12-30-22-25-17(6-2)19(21(28)29-4)20(26(16)22)14-7-9-15(23)10-8-14/h7-10,12-13,20H,5-6,11H2,1-4H3,(H,24,27). The van der Waals surface area contributed by atoms with Gasteiger partial charge in [0.1, 0.15) is 0 Å². The van der Waals surface area contributed by atoms with E-state index in [0.29, 0.717) is 22.7 Å². The molecule has 8 heteroatoms. The second kappa shape index (κ2) is 9.71. The zero-order chi connectivity index (χ0) is 21.8. The first kappa shape index (κ1) is 22.4. The van der Waals surface area contributed by atoms with Crippen LogP contribution in [0.25, 0.3) is 0 Å². The highest BCUT2D eigenvalue weighted by Crippen LogP contribution is 2.45. The molecule has 2 atom stereocenters. The highest BCUT2D eigenvalue weighted by molar-refractivity contribution is 8.16. The summed E-state index contributed by atoms with van der Waals surface area (Å²) in [6, 6.07) is 7.05. The number of thioether (sulfide) groups is 1. The van der Waals surface area contributed by atoms with Crippen molar-refractivity contribution in [3.05, 3.63) is 57.2 Å². The number of amidine groups is 1. The number of aliphatic imine (C=N–C) groups is 1. The lowest BCUT2D eigenvalue weighted by molar-refractivity contribution is -0.136. The first-order chi connectivity index (χ1) is 14.4. The second-order valence-corrected chi connectivity index (χ2v) is 8.48. The monoisotopic (exact) mass is 447 g/mol. The minimum atomic E-state index is -0.435. The normalized spacial score (nSPS) is 19.1. The van der Waals surface area contributed by atoms with E-state index < -0.39 is 12.0 Å². The molecular weight excluding hydrogens is 422 g/mol. The number of esters is 1. The lowest BCUT2D eigenvalue weighted by atomic mass is 9.93. The number of nitrogens with one attached hydrogen (secondary N) is 1. The van der Waals surface area contributed by atoms with Gasteiger partial charge in [0.05, 0.1) is 30.8 Å². The van der Waals surface area contributed by atoms with Crippen LogP contribution in [0.3, 0.4) is 0 Å². The molecule has 2 unspecified atom stereocenters. The fraction of sp³-hybridized carbons (Fsp3) is 0.409. The van der Waals surface area contributed by atoms with E-state index in [1.165, 1.54) is 18.9 Å². The Morgan fingerprint density at radius 2 is 2.00 bits per heavy atom. The Bertz CT molecular complexity index is 924. The van der Waals surface area contributed by atoms with Crippen molar-refractivity contribution in [1.82, 2.24) is 10.2 Å². The summed E-state index contributed by atoms with van der Waals surface area (Å²) < 4.78 is 5.10. The quantitative estimate of drug-likeness (QED) is 0.609. The number of hydrogen-bond acceptors (Lipinski definition) is 6. The van der Waals surface area contributed by atoms with Gasteiger partial charge in [-0.2, -0.15) is 0 Å². The van der Waals surface area contributed by atoms with Crippen LogP contribution in [0.1, 0.15) is 51.6 Å². The van der Waals surface area contributed by atoms with Crippen LogP contribution in [0.5, 0.6) is 0 Å². The maximum absolute atomic E-state index is 12.8. The van der Waals surface area contributed by atoms with Crippen molar-refractivity contribution >= 4 is 40.4 Å². The predicted molar refractivity (Wildman–Crippen MR) is 121 cm³/mol. The molecule has 1 aromatic rings. The van der Waals surface area contributed by atoms with E-state index in [1.54, 1.807) is 12.1 Å². The lowest BCUT2D eigenvalue weighted by Crippen LogP contribution is -2.39. The number of rotatable bonds is 7. The van der Waals surface area contributed by atoms with Gasteiger partial charge in [-0.25, -0.2) is 9.79 Å². The van der Waals surface area contributed by atoms with Gasteiger partial charge in [0, 0.05) is 16.8 Å². The molecular formula is C22H26ClN3O3S.